The third-order valence-electron chi connectivity index (χ3n) is 3.51. The van der Waals surface area contributed by atoms with Gasteiger partial charge in [0.1, 0.15) is 12.1 Å². The molecule has 0 spiro atoms. The second-order valence-electron chi connectivity index (χ2n) is 5.34. The van der Waals surface area contributed by atoms with Gasteiger partial charge in [0.05, 0.1) is 12.1 Å². The van der Waals surface area contributed by atoms with Gasteiger partial charge in [0.25, 0.3) is 0 Å². The lowest BCUT2D eigenvalue weighted by molar-refractivity contribution is -0.121. The summed E-state index contributed by atoms with van der Waals surface area (Å²) in [5, 5.41) is 11.9. The summed E-state index contributed by atoms with van der Waals surface area (Å²) in [6.07, 6.45) is 1.51. The van der Waals surface area contributed by atoms with Gasteiger partial charge in [0.2, 0.25) is 11.8 Å². The van der Waals surface area contributed by atoms with Gasteiger partial charge in [-0.1, -0.05) is 6.92 Å². The van der Waals surface area contributed by atoms with Crippen molar-refractivity contribution in [1.82, 2.24) is 10.3 Å². The molecule has 2 rings (SSSR count). The quantitative estimate of drug-likeness (QED) is 0.857. The molecule has 22 heavy (non-hydrogen) atoms. The zero-order chi connectivity index (χ0) is 16.1. The smallest absolute Gasteiger partial charge is 0.226 e. The first-order valence-electron chi connectivity index (χ1n) is 7.10. The van der Waals surface area contributed by atoms with Crippen LogP contribution in [-0.2, 0) is 11.2 Å². The number of carbonyl (C=O) groups is 1. The van der Waals surface area contributed by atoms with E-state index in [1.165, 1.54) is 18.4 Å². The Kier molecular flexibility index (Phi) is 5.27. The van der Waals surface area contributed by atoms with E-state index in [2.05, 4.69) is 10.3 Å². The molecule has 6 heteroatoms. The van der Waals surface area contributed by atoms with Crippen molar-refractivity contribution < 1.29 is 18.7 Å². The summed E-state index contributed by atoms with van der Waals surface area (Å²) in [5.41, 5.74) is 1.15. The number of carbonyl (C=O) groups excluding carboxylic acids is 1. The molecule has 0 aliphatic heterocycles. The third kappa shape index (κ3) is 4.14. The number of aliphatic hydroxyl groups is 1. The summed E-state index contributed by atoms with van der Waals surface area (Å²) >= 11 is 0. The van der Waals surface area contributed by atoms with Gasteiger partial charge in [-0.15, -0.1) is 0 Å². The molecular formula is C16H19FN2O3. The van der Waals surface area contributed by atoms with Gasteiger partial charge in [-0.05, 0) is 37.1 Å². The minimum Gasteiger partial charge on any atom is -0.444 e. The molecule has 2 N–H and O–H groups in total. The van der Waals surface area contributed by atoms with Crippen LogP contribution >= 0.6 is 0 Å². The SMILES string of the molecule is CC(CO)C(C)NC(=O)Cc1coc(-c2ccc(F)cc2)n1. The van der Waals surface area contributed by atoms with Crippen LogP contribution in [0.3, 0.4) is 0 Å². The first-order chi connectivity index (χ1) is 10.5. The van der Waals surface area contributed by atoms with Crippen molar-refractivity contribution in [3.8, 4) is 11.5 Å². The minimum absolute atomic E-state index is 0.0140. The molecule has 1 amide bonds. The Morgan fingerprint density at radius 1 is 1.36 bits per heavy atom. The Labute approximate surface area is 128 Å². The highest BCUT2D eigenvalue weighted by Gasteiger charge is 2.16. The predicted octanol–water partition coefficient (Wildman–Crippen LogP) is 2.16. The molecule has 0 radical (unpaired) electrons. The summed E-state index contributed by atoms with van der Waals surface area (Å²) in [6.45, 7) is 3.71. The van der Waals surface area contributed by atoms with Gasteiger partial charge in [0, 0.05) is 18.2 Å². The van der Waals surface area contributed by atoms with Crippen molar-refractivity contribution in [3.05, 3.63) is 42.0 Å². The molecule has 0 aliphatic carbocycles. The molecule has 118 valence electrons. The number of hydrogen-bond acceptors (Lipinski definition) is 4. The number of amides is 1. The lowest BCUT2D eigenvalue weighted by atomic mass is 10.1. The van der Waals surface area contributed by atoms with Gasteiger partial charge >= 0.3 is 0 Å². The molecule has 1 aromatic heterocycles. The number of benzene rings is 1. The maximum Gasteiger partial charge on any atom is 0.226 e. The lowest BCUT2D eigenvalue weighted by Gasteiger charge is -2.18. The topological polar surface area (TPSA) is 75.4 Å². The summed E-state index contributed by atoms with van der Waals surface area (Å²) < 4.78 is 18.2. The molecule has 0 saturated heterocycles. The van der Waals surface area contributed by atoms with Gasteiger partial charge in [0.15, 0.2) is 0 Å². The molecule has 2 atom stereocenters. The van der Waals surface area contributed by atoms with E-state index in [1.54, 1.807) is 12.1 Å². The number of aromatic nitrogens is 1. The Balaban J connectivity index is 1.97. The van der Waals surface area contributed by atoms with Gasteiger partial charge in [-0.2, -0.15) is 0 Å². The van der Waals surface area contributed by atoms with E-state index >= 15 is 0 Å². The van der Waals surface area contributed by atoms with E-state index in [0.717, 1.165) is 0 Å². The maximum atomic E-state index is 12.9. The Hall–Kier alpha value is -2.21. The molecule has 0 aliphatic rings. The van der Waals surface area contributed by atoms with Crippen LogP contribution in [0.1, 0.15) is 19.5 Å². The number of nitrogens with one attached hydrogen (secondary N) is 1. The monoisotopic (exact) mass is 306 g/mol. The molecule has 0 bridgehead atoms. The van der Waals surface area contributed by atoms with Crippen LogP contribution in [0.4, 0.5) is 4.39 Å². The third-order valence-corrected chi connectivity index (χ3v) is 3.51. The summed E-state index contributed by atoms with van der Waals surface area (Å²) in [4.78, 5) is 16.1. The molecule has 5 nitrogen and oxygen atoms in total. The highest BCUT2D eigenvalue weighted by molar-refractivity contribution is 5.78. The number of nitrogens with zero attached hydrogens (tertiary/aromatic N) is 1. The summed E-state index contributed by atoms with van der Waals surface area (Å²) in [7, 11) is 0. The van der Waals surface area contributed by atoms with Gasteiger partial charge < -0.3 is 14.8 Å². The first kappa shape index (κ1) is 16.2. The fourth-order valence-corrected chi connectivity index (χ4v) is 1.88. The molecule has 2 aromatic rings. The number of halogens is 1. The van der Waals surface area contributed by atoms with Gasteiger partial charge in [-0.25, -0.2) is 9.37 Å². The predicted molar refractivity (Wildman–Crippen MR) is 79.5 cm³/mol. The van der Waals surface area contributed by atoms with Crippen LogP contribution in [0.2, 0.25) is 0 Å². The largest absolute Gasteiger partial charge is 0.444 e. The van der Waals surface area contributed by atoms with Crippen molar-refractivity contribution in [1.29, 1.82) is 0 Å². The Morgan fingerprint density at radius 2 is 2.05 bits per heavy atom. The molecular weight excluding hydrogens is 287 g/mol. The summed E-state index contributed by atoms with van der Waals surface area (Å²) in [6, 6.07) is 5.65. The summed E-state index contributed by atoms with van der Waals surface area (Å²) in [5.74, 6) is -0.190. The second kappa shape index (κ2) is 7.17. The average molecular weight is 306 g/mol. The van der Waals surface area contributed by atoms with Crippen LogP contribution in [0.5, 0.6) is 0 Å². The highest BCUT2D eigenvalue weighted by atomic mass is 19.1. The second-order valence-corrected chi connectivity index (χ2v) is 5.34. The van der Waals surface area contributed by atoms with E-state index in [9.17, 15) is 9.18 Å². The Bertz CT molecular complexity index is 625. The average Bonchev–Trinajstić information content (AvgIpc) is 2.95. The number of hydrogen-bond donors (Lipinski definition) is 2. The lowest BCUT2D eigenvalue weighted by Crippen LogP contribution is -2.39. The molecule has 1 aromatic carbocycles. The van der Waals surface area contributed by atoms with E-state index in [-0.39, 0.29) is 36.7 Å². The molecule has 0 saturated carbocycles. The van der Waals surface area contributed by atoms with E-state index in [1.807, 2.05) is 13.8 Å². The fourth-order valence-electron chi connectivity index (χ4n) is 1.88. The normalized spacial score (nSPS) is 13.6. The van der Waals surface area contributed by atoms with Crippen molar-refractivity contribution in [2.45, 2.75) is 26.3 Å². The zero-order valence-electron chi connectivity index (χ0n) is 12.5. The van der Waals surface area contributed by atoms with E-state index < -0.39 is 0 Å². The fraction of sp³-hybridized carbons (Fsp3) is 0.375. The Morgan fingerprint density at radius 3 is 2.68 bits per heavy atom. The van der Waals surface area contributed by atoms with E-state index in [0.29, 0.717) is 17.1 Å². The number of aliphatic hydroxyl groups excluding tert-OH is 1. The van der Waals surface area contributed by atoms with Crippen LogP contribution in [-0.4, -0.2) is 28.6 Å². The first-order valence-corrected chi connectivity index (χ1v) is 7.10. The number of rotatable bonds is 6. The van der Waals surface area contributed by atoms with Crippen molar-refractivity contribution in [3.63, 3.8) is 0 Å². The van der Waals surface area contributed by atoms with Crippen LogP contribution < -0.4 is 5.32 Å². The van der Waals surface area contributed by atoms with Crippen LogP contribution in [0, 0.1) is 11.7 Å². The van der Waals surface area contributed by atoms with Crippen molar-refractivity contribution >= 4 is 5.91 Å². The molecule has 0 fully saturated rings. The zero-order valence-corrected chi connectivity index (χ0v) is 12.5. The van der Waals surface area contributed by atoms with Crippen molar-refractivity contribution in [2.24, 2.45) is 5.92 Å². The molecule has 1 heterocycles. The van der Waals surface area contributed by atoms with Crippen molar-refractivity contribution in [2.75, 3.05) is 6.61 Å². The minimum atomic E-state index is -0.332. The van der Waals surface area contributed by atoms with E-state index in [4.69, 9.17) is 9.52 Å². The number of oxazole rings is 1. The molecule has 2 unspecified atom stereocenters. The van der Waals surface area contributed by atoms with Gasteiger partial charge in [-0.3, -0.25) is 4.79 Å². The standard InChI is InChI=1S/C16H19FN2O3/c1-10(8-20)11(2)18-15(21)7-14-9-22-16(19-14)12-3-5-13(17)6-4-12/h3-6,9-11,20H,7-8H2,1-2H3,(H,18,21). The van der Waals surface area contributed by atoms with Crippen LogP contribution in [0.15, 0.2) is 34.9 Å². The highest BCUT2D eigenvalue weighted by Crippen LogP contribution is 2.19. The maximum absolute atomic E-state index is 12.9. The van der Waals surface area contributed by atoms with Crippen LogP contribution in [0.25, 0.3) is 11.5 Å².